The number of nitriles is 1. The van der Waals surface area contributed by atoms with E-state index in [2.05, 4.69) is 11.4 Å². The van der Waals surface area contributed by atoms with E-state index in [-0.39, 0.29) is 5.82 Å². The lowest BCUT2D eigenvalue weighted by atomic mass is 9.83. The molecule has 0 aliphatic heterocycles. The summed E-state index contributed by atoms with van der Waals surface area (Å²) in [7, 11) is 0. The number of hydrogen-bond donors (Lipinski definition) is 1. The minimum Gasteiger partial charge on any atom is -0.448 e. The molecule has 0 bridgehead atoms. The Morgan fingerprint density at radius 1 is 1.31 bits per heavy atom. The summed E-state index contributed by atoms with van der Waals surface area (Å²) in [5.41, 5.74) is -0.870. The zero-order valence-corrected chi connectivity index (χ0v) is 15.2. The summed E-state index contributed by atoms with van der Waals surface area (Å²) in [4.78, 5) is 25.0. The van der Waals surface area contributed by atoms with Gasteiger partial charge in [-0.25, -0.2) is 9.18 Å². The van der Waals surface area contributed by atoms with E-state index in [9.17, 15) is 19.2 Å². The van der Waals surface area contributed by atoms with Crippen LogP contribution < -0.4 is 5.32 Å². The Morgan fingerprint density at radius 2 is 2.04 bits per heavy atom. The van der Waals surface area contributed by atoms with E-state index in [0.717, 1.165) is 24.0 Å². The molecule has 0 unspecified atom stereocenters. The molecule has 1 saturated carbocycles. The van der Waals surface area contributed by atoms with Crippen molar-refractivity contribution >= 4 is 33.3 Å². The van der Waals surface area contributed by atoms with E-state index >= 15 is 0 Å². The molecule has 1 fully saturated rings. The van der Waals surface area contributed by atoms with E-state index < -0.39 is 23.5 Å². The molecule has 1 aliphatic rings. The quantitative estimate of drug-likeness (QED) is 0.823. The number of hydrogen-bond acceptors (Lipinski definition) is 5. The molecule has 26 heavy (non-hydrogen) atoms. The Kier molecular flexibility index (Phi) is 5.23. The van der Waals surface area contributed by atoms with Crippen molar-refractivity contribution in [3.63, 3.8) is 0 Å². The summed E-state index contributed by atoms with van der Waals surface area (Å²) < 4.78 is 19.3. The van der Waals surface area contributed by atoms with Crippen molar-refractivity contribution in [2.24, 2.45) is 0 Å². The number of rotatable bonds is 4. The normalized spacial score (nSPS) is 17.3. The lowest BCUT2D eigenvalue weighted by molar-refractivity contribution is -0.130. The maximum Gasteiger partial charge on any atom is 0.349 e. The Morgan fingerprint density at radius 3 is 2.73 bits per heavy atom. The van der Waals surface area contributed by atoms with Crippen molar-refractivity contribution in [1.29, 1.82) is 5.26 Å². The Hall–Kier alpha value is -2.46. The number of carbonyl (C=O) groups excluding carboxylic acids is 2. The molecule has 1 atom stereocenters. The lowest BCUT2D eigenvalue weighted by Gasteiger charge is -2.32. The SMILES string of the molecule is C[C@@H](OC(=O)c1cc2cc(F)ccc2s1)C(=O)NC1(C#N)CCCCC1. The maximum absolute atomic E-state index is 13.3. The van der Waals surface area contributed by atoms with Gasteiger partial charge in [-0.1, -0.05) is 19.3 Å². The van der Waals surface area contributed by atoms with E-state index in [1.54, 1.807) is 12.1 Å². The number of amides is 1. The minimum absolute atomic E-state index is 0.304. The third-order valence-corrected chi connectivity index (χ3v) is 5.71. The molecule has 2 aromatic rings. The summed E-state index contributed by atoms with van der Waals surface area (Å²) >= 11 is 1.18. The number of thiophene rings is 1. The molecule has 1 aromatic carbocycles. The van der Waals surface area contributed by atoms with Gasteiger partial charge in [0.1, 0.15) is 16.2 Å². The second-order valence-electron chi connectivity index (χ2n) is 6.58. The molecule has 3 rings (SSSR count). The summed E-state index contributed by atoms with van der Waals surface area (Å²) in [5.74, 6) is -1.49. The van der Waals surface area contributed by atoms with E-state index in [4.69, 9.17) is 4.74 Å². The molecule has 5 nitrogen and oxygen atoms in total. The molecule has 0 spiro atoms. The smallest absolute Gasteiger partial charge is 0.349 e. The van der Waals surface area contributed by atoms with Crippen molar-refractivity contribution in [3.05, 3.63) is 35.0 Å². The Balaban J connectivity index is 1.66. The number of ether oxygens (including phenoxy) is 1. The molecule has 1 heterocycles. The number of carbonyl (C=O) groups is 2. The minimum atomic E-state index is -1.02. The van der Waals surface area contributed by atoms with Gasteiger partial charge in [0, 0.05) is 4.70 Å². The monoisotopic (exact) mass is 374 g/mol. The lowest BCUT2D eigenvalue weighted by Crippen LogP contribution is -2.52. The van der Waals surface area contributed by atoms with Gasteiger partial charge in [-0.3, -0.25) is 4.79 Å². The van der Waals surface area contributed by atoms with Crippen LogP contribution in [0.15, 0.2) is 24.3 Å². The van der Waals surface area contributed by atoms with Crippen molar-refractivity contribution < 1.29 is 18.7 Å². The first-order valence-corrected chi connectivity index (χ1v) is 9.37. The van der Waals surface area contributed by atoms with Crippen LogP contribution in [-0.2, 0) is 9.53 Å². The first-order valence-electron chi connectivity index (χ1n) is 8.56. The van der Waals surface area contributed by atoms with Gasteiger partial charge in [0.15, 0.2) is 6.10 Å². The fourth-order valence-electron chi connectivity index (χ4n) is 3.14. The average molecular weight is 374 g/mol. The van der Waals surface area contributed by atoms with Crippen molar-refractivity contribution in [3.8, 4) is 6.07 Å². The number of nitrogens with one attached hydrogen (secondary N) is 1. The van der Waals surface area contributed by atoms with Crippen LogP contribution in [0.4, 0.5) is 4.39 Å². The van der Waals surface area contributed by atoms with Crippen LogP contribution in [0.1, 0.15) is 48.7 Å². The number of nitrogens with zero attached hydrogens (tertiary/aromatic N) is 1. The van der Waals surface area contributed by atoms with Gasteiger partial charge in [-0.2, -0.15) is 5.26 Å². The summed E-state index contributed by atoms with van der Waals surface area (Å²) in [6.45, 7) is 1.48. The number of halogens is 1. The number of esters is 1. The van der Waals surface area contributed by atoms with Crippen LogP contribution in [0.2, 0.25) is 0 Å². The van der Waals surface area contributed by atoms with Crippen molar-refractivity contribution in [2.75, 3.05) is 0 Å². The van der Waals surface area contributed by atoms with Gasteiger partial charge in [-0.15, -0.1) is 11.3 Å². The predicted molar refractivity (Wildman–Crippen MR) is 96.2 cm³/mol. The standard InChI is InChI=1S/C19H19FN2O3S/c1-12(17(23)22-19(11-21)7-3-2-4-8-19)25-18(24)16-10-13-9-14(20)5-6-15(13)26-16/h5-6,9-10,12H,2-4,7-8H2,1H3,(H,22,23)/t12-/m1/s1. The molecule has 136 valence electrons. The molecule has 1 amide bonds. The highest BCUT2D eigenvalue weighted by atomic mass is 32.1. The van der Waals surface area contributed by atoms with Crippen LogP contribution in [0.3, 0.4) is 0 Å². The fraction of sp³-hybridized carbons (Fsp3) is 0.421. The third kappa shape index (κ3) is 3.86. The van der Waals surface area contributed by atoms with Gasteiger partial charge in [0.2, 0.25) is 0 Å². The zero-order valence-electron chi connectivity index (χ0n) is 14.4. The second-order valence-corrected chi connectivity index (χ2v) is 7.67. The van der Waals surface area contributed by atoms with Crippen molar-refractivity contribution in [1.82, 2.24) is 5.32 Å². The molecule has 1 aliphatic carbocycles. The van der Waals surface area contributed by atoms with Crippen molar-refractivity contribution in [2.45, 2.75) is 50.7 Å². The first kappa shape index (κ1) is 18.3. The first-order chi connectivity index (χ1) is 12.4. The summed E-state index contributed by atoms with van der Waals surface area (Å²) in [6.07, 6.45) is 3.03. The predicted octanol–water partition coefficient (Wildman–Crippen LogP) is 3.93. The van der Waals surface area contributed by atoms with Gasteiger partial charge in [0.25, 0.3) is 5.91 Å². The second kappa shape index (κ2) is 7.42. The topological polar surface area (TPSA) is 79.2 Å². The highest BCUT2D eigenvalue weighted by molar-refractivity contribution is 7.20. The van der Waals surface area contributed by atoms with Gasteiger partial charge >= 0.3 is 5.97 Å². The third-order valence-electron chi connectivity index (χ3n) is 4.62. The summed E-state index contributed by atoms with van der Waals surface area (Å²) in [6, 6.07) is 8.03. The zero-order chi connectivity index (χ0) is 18.7. The van der Waals surface area contributed by atoms with Crippen LogP contribution in [-0.4, -0.2) is 23.5 Å². The van der Waals surface area contributed by atoms with Crippen LogP contribution in [0, 0.1) is 17.1 Å². The van der Waals surface area contributed by atoms with E-state index in [1.807, 2.05) is 0 Å². The highest BCUT2D eigenvalue weighted by Crippen LogP contribution is 2.29. The van der Waals surface area contributed by atoms with Gasteiger partial charge < -0.3 is 10.1 Å². The Labute approximate surface area is 154 Å². The highest BCUT2D eigenvalue weighted by Gasteiger charge is 2.35. The molecule has 0 saturated heterocycles. The molecule has 1 N–H and O–H groups in total. The molecule has 0 radical (unpaired) electrons. The van der Waals surface area contributed by atoms with Crippen LogP contribution >= 0.6 is 11.3 Å². The fourth-order valence-corrected chi connectivity index (χ4v) is 4.07. The number of benzene rings is 1. The number of fused-ring (bicyclic) bond motifs is 1. The van der Waals surface area contributed by atoms with Gasteiger partial charge in [0.05, 0.1) is 6.07 Å². The Bertz CT molecular complexity index is 881. The average Bonchev–Trinajstić information content (AvgIpc) is 3.05. The van der Waals surface area contributed by atoms with E-state index in [0.29, 0.717) is 23.1 Å². The summed E-state index contributed by atoms with van der Waals surface area (Å²) in [5, 5.41) is 12.8. The largest absolute Gasteiger partial charge is 0.448 e. The van der Waals surface area contributed by atoms with Gasteiger partial charge in [-0.05, 0) is 49.4 Å². The maximum atomic E-state index is 13.3. The molecule has 1 aromatic heterocycles. The van der Waals surface area contributed by atoms with Crippen LogP contribution in [0.5, 0.6) is 0 Å². The molecular weight excluding hydrogens is 355 g/mol. The van der Waals surface area contributed by atoms with E-state index in [1.165, 1.54) is 30.4 Å². The molecule has 7 heteroatoms. The molecular formula is C19H19FN2O3S. The van der Waals surface area contributed by atoms with Crippen LogP contribution in [0.25, 0.3) is 10.1 Å².